The Bertz CT molecular complexity index is 404. The van der Waals surface area contributed by atoms with Gasteiger partial charge in [-0.2, -0.15) is 0 Å². The summed E-state index contributed by atoms with van der Waals surface area (Å²) in [4.78, 5) is 25.9. The second-order valence-electron chi connectivity index (χ2n) is 3.56. The second kappa shape index (κ2) is 7.41. The molecule has 5 N–H and O–H groups in total. The zero-order chi connectivity index (χ0) is 13.4. The molecule has 1 rings (SSSR count). The van der Waals surface area contributed by atoms with Crippen molar-refractivity contribution in [3.8, 4) is 0 Å². The molecule has 8 heteroatoms. The molecule has 0 unspecified atom stereocenters. The summed E-state index contributed by atoms with van der Waals surface area (Å²) in [6, 6.07) is 0. The molecule has 8 nitrogen and oxygen atoms in total. The van der Waals surface area contributed by atoms with Gasteiger partial charge in [0.2, 0.25) is 5.91 Å². The van der Waals surface area contributed by atoms with Crippen molar-refractivity contribution in [3.05, 3.63) is 18.2 Å². The van der Waals surface area contributed by atoms with E-state index in [9.17, 15) is 9.59 Å². The molecule has 2 amide bonds. The van der Waals surface area contributed by atoms with Gasteiger partial charge in [0, 0.05) is 25.8 Å². The van der Waals surface area contributed by atoms with Gasteiger partial charge >= 0.3 is 0 Å². The summed E-state index contributed by atoms with van der Waals surface area (Å²) in [5, 5.41) is 2.60. The number of imidazole rings is 1. The van der Waals surface area contributed by atoms with Crippen LogP contribution >= 0.6 is 0 Å². The van der Waals surface area contributed by atoms with Crippen molar-refractivity contribution in [2.24, 2.45) is 11.5 Å². The van der Waals surface area contributed by atoms with Crippen LogP contribution in [0, 0.1) is 0 Å². The van der Waals surface area contributed by atoms with Crippen molar-refractivity contribution < 1.29 is 14.3 Å². The Morgan fingerprint density at radius 2 is 2.28 bits per heavy atom. The van der Waals surface area contributed by atoms with Crippen molar-refractivity contribution in [1.82, 2.24) is 14.9 Å². The first-order chi connectivity index (χ1) is 8.63. The minimum Gasteiger partial charge on any atom is -0.370 e. The summed E-state index contributed by atoms with van der Waals surface area (Å²) in [6.07, 6.45) is 3.16. The molecule has 1 heterocycles. The van der Waals surface area contributed by atoms with E-state index in [1.165, 1.54) is 0 Å². The predicted octanol–water partition coefficient (Wildman–Crippen LogP) is -1.93. The number of hydrogen-bond donors (Lipinski definition) is 3. The third-order valence-corrected chi connectivity index (χ3v) is 2.03. The average molecular weight is 255 g/mol. The zero-order valence-corrected chi connectivity index (χ0v) is 9.96. The van der Waals surface area contributed by atoms with E-state index in [1.807, 2.05) is 0 Å². The lowest BCUT2D eigenvalue weighted by Gasteiger charge is -2.03. The Morgan fingerprint density at radius 1 is 1.50 bits per heavy atom. The second-order valence-corrected chi connectivity index (χ2v) is 3.56. The molecule has 0 spiro atoms. The Morgan fingerprint density at radius 3 is 2.94 bits per heavy atom. The van der Waals surface area contributed by atoms with E-state index in [0.717, 1.165) is 0 Å². The van der Waals surface area contributed by atoms with Crippen LogP contribution in [-0.4, -0.2) is 47.7 Å². The number of nitrogens with one attached hydrogen (secondary N) is 1. The first kappa shape index (κ1) is 14.1. The number of aromatic nitrogens is 2. The zero-order valence-electron chi connectivity index (χ0n) is 9.96. The molecule has 0 aliphatic rings. The Labute approximate surface area is 104 Å². The summed E-state index contributed by atoms with van der Waals surface area (Å²) >= 11 is 0. The van der Waals surface area contributed by atoms with Gasteiger partial charge in [0.1, 0.15) is 12.3 Å². The van der Waals surface area contributed by atoms with E-state index in [-0.39, 0.29) is 25.7 Å². The third kappa shape index (κ3) is 4.93. The molecule has 18 heavy (non-hydrogen) atoms. The van der Waals surface area contributed by atoms with Gasteiger partial charge in [0.05, 0.1) is 12.9 Å². The number of nitrogens with two attached hydrogens (primary N) is 2. The van der Waals surface area contributed by atoms with Gasteiger partial charge in [-0.1, -0.05) is 0 Å². The molecule has 1 aromatic rings. The van der Waals surface area contributed by atoms with Gasteiger partial charge in [-0.05, 0) is 0 Å². The number of ether oxygens (including phenoxy) is 1. The van der Waals surface area contributed by atoms with Crippen molar-refractivity contribution in [2.75, 3.05) is 26.3 Å². The topological polar surface area (TPSA) is 125 Å². The van der Waals surface area contributed by atoms with Crippen LogP contribution in [0.4, 0.5) is 0 Å². The quantitative estimate of drug-likeness (QED) is 0.467. The molecule has 0 aromatic carbocycles. The number of rotatable bonds is 8. The maximum atomic E-state index is 11.6. The normalized spacial score (nSPS) is 10.3. The van der Waals surface area contributed by atoms with E-state index in [2.05, 4.69) is 10.3 Å². The minimum atomic E-state index is -0.540. The number of carbonyl (C=O) groups excluding carboxylic acids is 2. The van der Waals surface area contributed by atoms with Crippen molar-refractivity contribution in [1.29, 1.82) is 0 Å². The van der Waals surface area contributed by atoms with Crippen LogP contribution in [0.25, 0.3) is 0 Å². The molecular weight excluding hydrogens is 238 g/mol. The summed E-state index contributed by atoms with van der Waals surface area (Å²) in [6.45, 7) is 1.45. The molecule has 0 saturated carbocycles. The molecule has 1 aromatic heterocycles. The van der Waals surface area contributed by atoms with Crippen molar-refractivity contribution in [2.45, 2.75) is 6.54 Å². The van der Waals surface area contributed by atoms with Crippen LogP contribution in [0.2, 0.25) is 0 Å². The summed E-state index contributed by atoms with van der Waals surface area (Å²) in [7, 11) is 0. The van der Waals surface area contributed by atoms with Crippen molar-refractivity contribution >= 4 is 11.8 Å². The summed E-state index contributed by atoms with van der Waals surface area (Å²) in [5.41, 5.74) is 10.6. The van der Waals surface area contributed by atoms with Gasteiger partial charge in [-0.3, -0.25) is 9.59 Å². The fourth-order valence-electron chi connectivity index (χ4n) is 1.25. The molecule has 100 valence electrons. The molecule has 0 aliphatic carbocycles. The van der Waals surface area contributed by atoms with Crippen LogP contribution in [-0.2, 0) is 16.1 Å². The highest BCUT2D eigenvalue weighted by molar-refractivity contribution is 5.91. The van der Waals surface area contributed by atoms with Gasteiger partial charge in [0.25, 0.3) is 5.91 Å². The predicted molar refractivity (Wildman–Crippen MR) is 63.6 cm³/mol. The molecule has 0 fully saturated rings. The number of amides is 2. The smallest absolute Gasteiger partial charge is 0.271 e. The lowest BCUT2D eigenvalue weighted by molar-refractivity contribution is -0.122. The minimum absolute atomic E-state index is 0.152. The van der Waals surface area contributed by atoms with E-state index in [0.29, 0.717) is 18.8 Å². The van der Waals surface area contributed by atoms with Crippen molar-refractivity contribution in [3.63, 3.8) is 0 Å². The van der Waals surface area contributed by atoms with Gasteiger partial charge in [0.15, 0.2) is 0 Å². The van der Waals surface area contributed by atoms with E-state index in [1.54, 1.807) is 17.1 Å². The maximum absolute atomic E-state index is 11.6. The highest BCUT2D eigenvalue weighted by atomic mass is 16.5. The van der Waals surface area contributed by atoms with Crippen LogP contribution in [0.1, 0.15) is 10.5 Å². The largest absolute Gasteiger partial charge is 0.370 e. The molecule has 0 saturated heterocycles. The Kier molecular flexibility index (Phi) is 5.81. The number of nitrogens with zero attached hydrogens (tertiary/aromatic N) is 2. The maximum Gasteiger partial charge on any atom is 0.271 e. The third-order valence-electron chi connectivity index (χ3n) is 2.03. The van der Waals surface area contributed by atoms with E-state index in [4.69, 9.17) is 16.2 Å². The first-order valence-electron chi connectivity index (χ1n) is 5.49. The standard InChI is InChI=1S/C10H17N5O3/c11-1-3-15-5-8(14-7-15)10(17)13-2-4-18-6-9(12)16/h5,7H,1-4,6,11H2,(H2,12,16)(H,13,17). The van der Waals surface area contributed by atoms with Gasteiger partial charge in [-0.25, -0.2) is 4.98 Å². The van der Waals surface area contributed by atoms with E-state index < -0.39 is 5.91 Å². The lowest BCUT2D eigenvalue weighted by atomic mass is 10.4. The average Bonchev–Trinajstić information content (AvgIpc) is 2.77. The van der Waals surface area contributed by atoms with Crippen LogP contribution in [0.5, 0.6) is 0 Å². The molecular formula is C10H17N5O3. The fourth-order valence-corrected chi connectivity index (χ4v) is 1.25. The Hall–Kier alpha value is -1.93. The van der Waals surface area contributed by atoms with Crippen LogP contribution in [0.3, 0.4) is 0 Å². The van der Waals surface area contributed by atoms with Gasteiger partial charge < -0.3 is 26.1 Å². The molecule has 0 atom stereocenters. The molecule has 0 radical (unpaired) electrons. The first-order valence-corrected chi connectivity index (χ1v) is 5.49. The lowest BCUT2D eigenvalue weighted by Crippen LogP contribution is -2.29. The van der Waals surface area contributed by atoms with E-state index >= 15 is 0 Å². The highest BCUT2D eigenvalue weighted by Gasteiger charge is 2.08. The monoisotopic (exact) mass is 255 g/mol. The number of primary amides is 1. The Balaban J connectivity index is 2.25. The highest BCUT2D eigenvalue weighted by Crippen LogP contribution is 1.95. The molecule has 0 aliphatic heterocycles. The molecule has 0 bridgehead atoms. The summed E-state index contributed by atoms with van der Waals surface area (Å²) in [5.74, 6) is -0.838. The summed E-state index contributed by atoms with van der Waals surface area (Å²) < 4.78 is 6.63. The van der Waals surface area contributed by atoms with Gasteiger partial charge in [-0.15, -0.1) is 0 Å². The van der Waals surface area contributed by atoms with Crippen LogP contribution < -0.4 is 16.8 Å². The van der Waals surface area contributed by atoms with Crippen LogP contribution in [0.15, 0.2) is 12.5 Å². The number of hydrogen-bond acceptors (Lipinski definition) is 5. The fraction of sp³-hybridized carbons (Fsp3) is 0.500. The number of carbonyl (C=O) groups is 2. The SMILES string of the molecule is NCCn1cnc(C(=O)NCCOCC(N)=O)c1.